The quantitative estimate of drug-likeness (QED) is 0.683. The summed E-state index contributed by atoms with van der Waals surface area (Å²) < 4.78 is 18.6. The fourth-order valence-corrected chi connectivity index (χ4v) is 3.86. The van der Waals surface area contributed by atoms with Crippen LogP contribution in [0.25, 0.3) is 10.4 Å². The van der Waals surface area contributed by atoms with Gasteiger partial charge in [-0.2, -0.15) is 0 Å². The van der Waals surface area contributed by atoms with Gasteiger partial charge in [-0.1, -0.05) is 18.2 Å². The molecule has 1 unspecified atom stereocenters. The van der Waals surface area contributed by atoms with Crippen LogP contribution < -0.4 is 4.74 Å². The number of rotatable bonds is 4. The SMILES string of the molecule is O=C(c1ccc(-c2cccs2)cc1)N1CCCC(Oc2ncc(F)cn2)C1. The molecule has 1 fully saturated rings. The second-order valence-electron chi connectivity index (χ2n) is 6.37. The largest absolute Gasteiger partial charge is 0.458 e. The number of benzene rings is 1. The first-order valence-corrected chi connectivity index (χ1v) is 9.64. The summed E-state index contributed by atoms with van der Waals surface area (Å²) in [5.74, 6) is -0.519. The number of carbonyl (C=O) groups is 1. The van der Waals surface area contributed by atoms with Gasteiger partial charge in [0.1, 0.15) is 6.10 Å². The van der Waals surface area contributed by atoms with Crippen LogP contribution in [0.3, 0.4) is 0 Å². The molecule has 2 aromatic heterocycles. The molecule has 0 radical (unpaired) electrons. The maximum Gasteiger partial charge on any atom is 0.316 e. The molecule has 1 aliphatic heterocycles. The molecule has 138 valence electrons. The monoisotopic (exact) mass is 383 g/mol. The molecule has 1 aliphatic rings. The van der Waals surface area contributed by atoms with Gasteiger partial charge in [0.25, 0.3) is 5.91 Å². The Hall–Kier alpha value is -2.80. The van der Waals surface area contributed by atoms with Gasteiger partial charge in [0.2, 0.25) is 0 Å². The molecule has 27 heavy (non-hydrogen) atoms. The summed E-state index contributed by atoms with van der Waals surface area (Å²) in [6.07, 6.45) is 3.60. The number of hydrogen-bond donors (Lipinski definition) is 0. The van der Waals surface area contributed by atoms with Gasteiger partial charge in [0.05, 0.1) is 18.9 Å². The van der Waals surface area contributed by atoms with Gasteiger partial charge in [-0.15, -0.1) is 11.3 Å². The molecule has 0 saturated carbocycles. The average molecular weight is 383 g/mol. The van der Waals surface area contributed by atoms with Crippen molar-refractivity contribution in [1.29, 1.82) is 0 Å². The third-order valence-corrected chi connectivity index (χ3v) is 5.39. The topological polar surface area (TPSA) is 55.3 Å². The summed E-state index contributed by atoms with van der Waals surface area (Å²) in [5, 5.41) is 2.03. The summed E-state index contributed by atoms with van der Waals surface area (Å²) in [6, 6.07) is 11.9. The van der Waals surface area contributed by atoms with Crippen LogP contribution in [-0.4, -0.2) is 40.0 Å². The van der Waals surface area contributed by atoms with Crippen LogP contribution >= 0.6 is 11.3 Å². The van der Waals surface area contributed by atoms with Crippen LogP contribution in [0.15, 0.2) is 54.2 Å². The molecule has 5 nitrogen and oxygen atoms in total. The number of hydrogen-bond acceptors (Lipinski definition) is 5. The van der Waals surface area contributed by atoms with Gasteiger partial charge in [-0.3, -0.25) is 4.79 Å². The highest BCUT2D eigenvalue weighted by molar-refractivity contribution is 7.13. The van der Waals surface area contributed by atoms with Gasteiger partial charge in [0, 0.05) is 17.0 Å². The highest BCUT2D eigenvalue weighted by Gasteiger charge is 2.26. The Morgan fingerprint density at radius 1 is 1.19 bits per heavy atom. The zero-order valence-electron chi connectivity index (χ0n) is 14.5. The Bertz CT molecular complexity index is 898. The number of ether oxygens (including phenoxy) is 1. The van der Waals surface area contributed by atoms with E-state index in [1.807, 2.05) is 35.7 Å². The Morgan fingerprint density at radius 3 is 2.67 bits per heavy atom. The number of amides is 1. The van der Waals surface area contributed by atoms with E-state index in [1.54, 1.807) is 16.2 Å². The lowest BCUT2D eigenvalue weighted by Crippen LogP contribution is -2.44. The van der Waals surface area contributed by atoms with Crippen molar-refractivity contribution >= 4 is 17.2 Å². The summed E-state index contributed by atoms with van der Waals surface area (Å²) in [5.41, 5.74) is 1.77. The van der Waals surface area contributed by atoms with Crippen molar-refractivity contribution in [3.63, 3.8) is 0 Å². The molecule has 1 amide bonds. The van der Waals surface area contributed by atoms with Gasteiger partial charge in [-0.05, 0) is 42.0 Å². The number of carbonyl (C=O) groups excluding carboxylic acids is 1. The van der Waals surface area contributed by atoms with E-state index in [1.165, 1.54) is 4.88 Å². The molecule has 1 atom stereocenters. The standard InChI is InChI=1S/C20H18FN3O2S/c21-16-11-22-20(23-12-16)26-17-3-1-9-24(13-17)19(25)15-7-5-14(6-8-15)18-4-2-10-27-18/h2,4-8,10-12,17H,1,3,9,13H2. The van der Waals surface area contributed by atoms with Crippen LogP contribution in [0.5, 0.6) is 6.01 Å². The smallest absolute Gasteiger partial charge is 0.316 e. The predicted molar refractivity (Wildman–Crippen MR) is 101 cm³/mol. The molecular weight excluding hydrogens is 365 g/mol. The maximum atomic E-state index is 12.9. The van der Waals surface area contributed by atoms with E-state index in [2.05, 4.69) is 16.0 Å². The molecule has 4 rings (SSSR count). The van der Waals surface area contributed by atoms with E-state index in [9.17, 15) is 9.18 Å². The van der Waals surface area contributed by atoms with Crippen molar-refractivity contribution in [3.8, 4) is 16.5 Å². The normalized spacial score (nSPS) is 16.9. The molecule has 0 N–H and O–H groups in total. The minimum Gasteiger partial charge on any atom is -0.458 e. The van der Waals surface area contributed by atoms with Gasteiger partial charge < -0.3 is 9.64 Å². The van der Waals surface area contributed by atoms with E-state index in [0.29, 0.717) is 18.7 Å². The van der Waals surface area contributed by atoms with Crippen LogP contribution in [0.1, 0.15) is 23.2 Å². The lowest BCUT2D eigenvalue weighted by atomic mass is 10.1. The number of halogens is 1. The first kappa shape index (κ1) is 17.6. The van der Waals surface area contributed by atoms with Crippen molar-refractivity contribution in [1.82, 2.24) is 14.9 Å². The molecule has 3 aromatic rings. The van der Waals surface area contributed by atoms with Gasteiger partial charge in [-0.25, -0.2) is 14.4 Å². The number of piperidine rings is 1. The Labute approximate surface area is 160 Å². The maximum absolute atomic E-state index is 12.9. The second kappa shape index (κ2) is 7.84. The first-order chi connectivity index (χ1) is 13.2. The van der Waals surface area contributed by atoms with E-state index >= 15 is 0 Å². The van der Waals surface area contributed by atoms with Crippen molar-refractivity contribution in [3.05, 3.63) is 65.6 Å². The summed E-state index contributed by atoms with van der Waals surface area (Å²) in [7, 11) is 0. The number of nitrogens with zero attached hydrogens (tertiary/aromatic N) is 3. The Kier molecular flexibility index (Phi) is 5.11. The van der Waals surface area contributed by atoms with Crippen molar-refractivity contribution in [2.24, 2.45) is 0 Å². The summed E-state index contributed by atoms with van der Waals surface area (Å²) >= 11 is 1.67. The molecule has 0 spiro atoms. The molecule has 0 aliphatic carbocycles. The highest BCUT2D eigenvalue weighted by atomic mass is 32.1. The Morgan fingerprint density at radius 2 is 1.96 bits per heavy atom. The molecular formula is C20H18FN3O2S. The summed E-state index contributed by atoms with van der Waals surface area (Å²) in [4.78, 5) is 23.4. The Balaban J connectivity index is 1.41. The minimum atomic E-state index is -0.506. The number of likely N-dealkylation sites (tertiary alicyclic amines) is 1. The lowest BCUT2D eigenvalue weighted by Gasteiger charge is -2.32. The molecule has 0 bridgehead atoms. The van der Waals surface area contributed by atoms with Crippen LogP contribution in [0.2, 0.25) is 0 Å². The van der Waals surface area contributed by atoms with Crippen molar-refractivity contribution in [2.75, 3.05) is 13.1 Å². The summed E-state index contributed by atoms with van der Waals surface area (Å²) in [6.45, 7) is 1.15. The molecule has 1 aromatic carbocycles. The minimum absolute atomic E-state index is 0.0129. The number of aromatic nitrogens is 2. The van der Waals surface area contributed by atoms with Crippen molar-refractivity contribution < 1.29 is 13.9 Å². The fourth-order valence-electron chi connectivity index (χ4n) is 3.13. The van der Waals surface area contributed by atoms with E-state index in [0.717, 1.165) is 30.8 Å². The molecule has 1 saturated heterocycles. The van der Waals surface area contributed by atoms with Crippen LogP contribution in [0.4, 0.5) is 4.39 Å². The fraction of sp³-hybridized carbons (Fsp3) is 0.250. The second-order valence-corrected chi connectivity index (χ2v) is 7.32. The van der Waals surface area contributed by atoms with E-state index < -0.39 is 5.82 Å². The van der Waals surface area contributed by atoms with Crippen molar-refractivity contribution in [2.45, 2.75) is 18.9 Å². The third kappa shape index (κ3) is 4.14. The van der Waals surface area contributed by atoms with E-state index in [4.69, 9.17) is 4.74 Å². The van der Waals surface area contributed by atoms with E-state index in [-0.39, 0.29) is 18.0 Å². The molecule has 7 heteroatoms. The van der Waals surface area contributed by atoms with Crippen LogP contribution in [-0.2, 0) is 0 Å². The van der Waals surface area contributed by atoms with Gasteiger partial charge >= 0.3 is 6.01 Å². The lowest BCUT2D eigenvalue weighted by molar-refractivity contribution is 0.0515. The highest BCUT2D eigenvalue weighted by Crippen LogP contribution is 2.25. The van der Waals surface area contributed by atoms with Gasteiger partial charge in [0.15, 0.2) is 5.82 Å². The first-order valence-electron chi connectivity index (χ1n) is 8.76. The number of thiophene rings is 1. The zero-order chi connectivity index (χ0) is 18.6. The third-order valence-electron chi connectivity index (χ3n) is 4.47. The van der Waals surface area contributed by atoms with Crippen LogP contribution in [0, 0.1) is 5.82 Å². The average Bonchev–Trinajstić information content (AvgIpc) is 3.24. The molecule has 3 heterocycles. The zero-order valence-corrected chi connectivity index (χ0v) is 15.4. The predicted octanol–water partition coefficient (Wildman–Crippen LogP) is 4.03.